The average molecular weight is 286 g/mol. The number of allylic oxidation sites excluding steroid dienone is 1. The van der Waals surface area contributed by atoms with Crippen LogP contribution < -0.4 is 5.56 Å². The first-order chi connectivity index (χ1) is 10.0. The third-order valence-electron chi connectivity index (χ3n) is 5.82. The Morgan fingerprint density at radius 3 is 3.05 bits per heavy atom. The van der Waals surface area contributed by atoms with Gasteiger partial charge in [-0.3, -0.25) is 9.69 Å². The minimum Gasteiger partial charge on any atom is -0.393 e. The fourth-order valence-corrected chi connectivity index (χ4v) is 5.11. The molecule has 0 saturated carbocycles. The maximum Gasteiger partial charge on any atom is 0.248 e. The summed E-state index contributed by atoms with van der Waals surface area (Å²) in [6.07, 6.45) is 4.68. The predicted octanol–water partition coefficient (Wildman–Crippen LogP) is 1.41. The van der Waals surface area contributed by atoms with E-state index in [0.717, 1.165) is 31.5 Å². The molecular formula is C17H22N2O2. The van der Waals surface area contributed by atoms with Crippen LogP contribution in [0.25, 0.3) is 0 Å². The van der Waals surface area contributed by atoms with Gasteiger partial charge in [0.1, 0.15) is 0 Å². The van der Waals surface area contributed by atoms with Crippen LogP contribution in [0.1, 0.15) is 31.0 Å². The summed E-state index contributed by atoms with van der Waals surface area (Å²) in [5.74, 6) is 0.556. The van der Waals surface area contributed by atoms with Gasteiger partial charge in [-0.15, -0.1) is 0 Å². The molecule has 4 heteroatoms. The van der Waals surface area contributed by atoms with Crippen LogP contribution in [-0.2, 0) is 12.0 Å². The van der Waals surface area contributed by atoms with E-state index in [4.69, 9.17) is 0 Å². The average Bonchev–Trinajstić information content (AvgIpc) is 2.41. The molecule has 4 rings (SSSR count). The Labute approximate surface area is 124 Å². The third kappa shape index (κ3) is 1.66. The summed E-state index contributed by atoms with van der Waals surface area (Å²) < 4.78 is 0. The Bertz CT molecular complexity index is 678. The molecule has 0 amide bonds. The highest BCUT2D eigenvalue weighted by Crippen LogP contribution is 2.56. The topological polar surface area (TPSA) is 56.3 Å². The molecule has 1 aliphatic heterocycles. The van der Waals surface area contributed by atoms with Crippen molar-refractivity contribution in [2.24, 2.45) is 11.8 Å². The Hall–Kier alpha value is -1.39. The number of piperidine rings is 1. The normalized spacial score (nSPS) is 38.4. The first kappa shape index (κ1) is 13.3. The van der Waals surface area contributed by atoms with Crippen LogP contribution in [0.5, 0.6) is 0 Å². The summed E-state index contributed by atoms with van der Waals surface area (Å²) in [4.78, 5) is 17.1. The number of H-pyrrole nitrogens is 1. The van der Waals surface area contributed by atoms with E-state index in [-0.39, 0.29) is 23.1 Å². The second-order valence-electron chi connectivity index (χ2n) is 7.00. The number of nitrogens with one attached hydrogen (secondary N) is 1. The van der Waals surface area contributed by atoms with E-state index in [1.54, 1.807) is 6.07 Å². The molecular weight excluding hydrogens is 264 g/mol. The van der Waals surface area contributed by atoms with Gasteiger partial charge < -0.3 is 10.1 Å². The van der Waals surface area contributed by atoms with Crippen LogP contribution in [0.15, 0.2) is 28.6 Å². The van der Waals surface area contributed by atoms with Crippen molar-refractivity contribution in [2.45, 2.75) is 37.8 Å². The van der Waals surface area contributed by atoms with Crippen molar-refractivity contribution < 1.29 is 5.11 Å². The number of hydrogen-bond acceptors (Lipinski definition) is 3. The Kier molecular flexibility index (Phi) is 2.72. The van der Waals surface area contributed by atoms with Gasteiger partial charge in [0.15, 0.2) is 0 Å². The van der Waals surface area contributed by atoms with Gasteiger partial charge in [-0.2, -0.15) is 0 Å². The van der Waals surface area contributed by atoms with Gasteiger partial charge >= 0.3 is 0 Å². The van der Waals surface area contributed by atoms with E-state index >= 15 is 0 Å². The number of aromatic nitrogens is 1. The first-order valence-corrected chi connectivity index (χ1v) is 7.81. The smallest absolute Gasteiger partial charge is 0.248 e. The largest absolute Gasteiger partial charge is 0.393 e. The molecule has 1 saturated heterocycles. The number of pyridine rings is 1. The van der Waals surface area contributed by atoms with Gasteiger partial charge in [-0.05, 0) is 50.8 Å². The highest BCUT2D eigenvalue weighted by molar-refractivity contribution is 5.40. The van der Waals surface area contributed by atoms with Crippen molar-refractivity contribution in [3.8, 4) is 0 Å². The molecule has 4 nitrogen and oxygen atoms in total. The maximum absolute atomic E-state index is 11.7. The number of aliphatic hydroxyl groups is 1. The highest BCUT2D eigenvalue weighted by Gasteiger charge is 2.57. The van der Waals surface area contributed by atoms with Gasteiger partial charge in [0, 0.05) is 24.2 Å². The molecule has 4 atom stereocenters. The van der Waals surface area contributed by atoms with E-state index in [1.807, 2.05) is 6.07 Å². The highest BCUT2D eigenvalue weighted by atomic mass is 16.3. The first-order valence-electron chi connectivity index (χ1n) is 7.81. The summed E-state index contributed by atoms with van der Waals surface area (Å²) in [7, 11) is 2.16. The molecule has 3 aliphatic rings. The van der Waals surface area contributed by atoms with Crippen LogP contribution in [-0.4, -0.2) is 34.7 Å². The van der Waals surface area contributed by atoms with E-state index < -0.39 is 0 Å². The Morgan fingerprint density at radius 1 is 1.43 bits per heavy atom. The molecule has 2 bridgehead atoms. The van der Waals surface area contributed by atoms with Crippen LogP contribution in [0.3, 0.4) is 0 Å². The van der Waals surface area contributed by atoms with Crippen molar-refractivity contribution in [3.63, 3.8) is 0 Å². The third-order valence-corrected chi connectivity index (χ3v) is 5.82. The van der Waals surface area contributed by atoms with Crippen molar-refractivity contribution in [3.05, 3.63) is 45.4 Å². The van der Waals surface area contributed by atoms with Gasteiger partial charge in [-0.25, -0.2) is 0 Å². The molecule has 2 aliphatic carbocycles. The summed E-state index contributed by atoms with van der Waals surface area (Å²) in [5, 5.41) is 10.7. The number of fused-ring (bicyclic) bond motifs is 1. The van der Waals surface area contributed by atoms with Crippen LogP contribution in [0.2, 0.25) is 0 Å². The molecule has 1 fully saturated rings. The van der Waals surface area contributed by atoms with E-state index in [2.05, 4.69) is 29.9 Å². The molecule has 21 heavy (non-hydrogen) atoms. The second kappa shape index (κ2) is 4.31. The zero-order valence-corrected chi connectivity index (χ0v) is 12.6. The van der Waals surface area contributed by atoms with E-state index in [1.165, 1.54) is 11.1 Å². The minimum atomic E-state index is -0.254. The number of hydrogen-bond donors (Lipinski definition) is 2. The van der Waals surface area contributed by atoms with Crippen molar-refractivity contribution in [1.82, 2.24) is 9.88 Å². The molecule has 2 N–H and O–H groups in total. The fraction of sp³-hybridized carbons (Fsp3) is 0.588. The lowest BCUT2D eigenvalue weighted by Crippen LogP contribution is -2.63. The quantitative estimate of drug-likeness (QED) is 0.709. The van der Waals surface area contributed by atoms with Gasteiger partial charge in [0.25, 0.3) is 0 Å². The molecule has 2 heterocycles. The lowest BCUT2D eigenvalue weighted by Gasteiger charge is -2.60. The maximum atomic E-state index is 11.7. The number of likely N-dealkylation sites (tertiary alicyclic amines) is 1. The Balaban J connectivity index is 2.00. The minimum absolute atomic E-state index is 0.0265. The zero-order valence-electron chi connectivity index (χ0n) is 12.6. The van der Waals surface area contributed by atoms with E-state index in [0.29, 0.717) is 5.92 Å². The monoisotopic (exact) mass is 286 g/mol. The van der Waals surface area contributed by atoms with Crippen LogP contribution in [0.4, 0.5) is 0 Å². The molecule has 0 unspecified atom stereocenters. The zero-order chi connectivity index (χ0) is 14.8. The molecule has 0 spiro atoms. The second-order valence-corrected chi connectivity index (χ2v) is 7.00. The predicted molar refractivity (Wildman–Crippen MR) is 81.1 cm³/mol. The molecule has 112 valence electrons. The van der Waals surface area contributed by atoms with Gasteiger partial charge in [-0.1, -0.05) is 11.6 Å². The van der Waals surface area contributed by atoms with E-state index in [9.17, 15) is 9.90 Å². The summed E-state index contributed by atoms with van der Waals surface area (Å²) in [5.41, 5.74) is 3.50. The molecule has 0 radical (unpaired) electrons. The summed E-state index contributed by atoms with van der Waals surface area (Å²) in [6, 6.07) is 3.62. The number of nitrogens with zero attached hydrogens (tertiary/aromatic N) is 1. The standard InChI is InChI=1S/C17H22N2O2/c1-10-7-11-8-13-12(3-4-15(21)18-13)17(9-10)16(11)14(20)5-6-19(17)2/h3-4,7,11,14,16,20H,5-6,8-9H2,1-2H3,(H,18,21)/t11-,14-,16-,17-/m0/s1. The van der Waals surface area contributed by atoms with Crippen molar-refractivity contribution >= 4 is 0 Å². The summed E-state index contributed by atoms with van der Waals surface area (Å²) >= 11 is 0. The number of rotatable bonds is 0. The van der Waals surface area contributed by atoms with Gasteiger partial charge in [0.05, 0.1) is 11.6 Å². The van der Waals surface area contributed by atoms with Crippen molar-refractivity contribution in [1.29, 1.82) is 0 Å². The number of aliphatic hydroxyl groups excluding tert-OH is 1. The SMILES string of the molecule is CC1=C[C@H]2Cc3[nH]c(=O)ccc3[C@@]3(C1)[C@@H]2[C@@H](O)CCN3C. The van der Waals surface area contributed by atoms with Gasteiger partial charge in [0.2, 0.25) is 5.56 Å². The lowest BCUT2D eigenvalue weighted by molar-refractivity contribution is -0.101. The summed E-state index contributed by atoms with van der Waals surface area (Å²) in [6.45, 7) is 3.09. The van der Waals surface area contributed by atoms with Crippen molar-refractivity contribution in [2.75, 3.05) is 13.6 Å². The molecule has 1 aromatic heterocycles. The molecule has 0 aromatic carbocycles. The Morgan fingerprint density at radius 2 is 2.24 bits per heavy atom. The van der Waals surface area contributed by atoms with Crippen LogP contribution in [0, 0.1) is 11.8 Å². The number of aromatic amines is 1. The van der Waals surface area contributed by atoms with Crippen LogP contribution >= 0.6 is 0 Å². The lowest BCUT2D eigenvalue weighted by atomic mass is 9.55. The fourth-order valence-electron chi connectivity index (χ4n) is 5.11. The molecule has 1 aromatic rings.